The van der Waals surface area contributed by atoms with Gasteiger partial charge in [0.25, 0.3) is 5.69 Å². The fraction of sp³-hybridized carbons (Fsp3) is 0.538. The Labute approximate surface area is 106 Å². The fourth-order valence-corrected chi connectivity index (χ4v) is 3.19. The molecule has 2 aliphatic rings. The highest BCUT2D eigenvalue weighted by molar-refractivity contribution is 5.67. The first kappa shape index (κ1) is 11.5. The maximum atomic E-state index is 11.2. The molecule has 0 amide bonds. The highest BCUT2D eigenvalue weighted by Crippen LogP contribution is 2.37. The van der Waals surface area contributed by atoms with Gasteiger partial charge in [-0.2, -0.15) is 0 Å². The molecule has 0 aliphatic carbocycles. The summed E-state index contributed by atoms with van der Waals surface area (Å²) >= 11 is 0. The molecule has 0 saturated carbocycles. The molecule has 0 spiro atoms. The van der Waals surface area contributed by atoms with E-state index in [1.54, 1.807) is 13.0 Å². The van der Waals surface area contributed by atoms with Crippen LogP contribution in [0.2, 0.25) is 0 Å². The average Bonchev–Trinajstić information content (AvgIpc) is 2.87. The van der Waals surface area contributed by atoms with E-state index >= 15 is 0 Å². The number of nitro groups is 1. The summed E-state index contributed by atoms with van der Waals surface area (Å²) < 4.78 is 0. The summed E-state index contributed by atoms with van der Waals surface area (Å²) in [5, 5.41) is 14.6. The zero-order valence-electron chi connectivity index (χ0n) is 10.4. The maximum absolute atomic E-state index is 11.2. The third-order valence-electron chi connectivity index (χ3n) is 4.13. The average molecular weight is 247 g/mol. The second kappa shape index (κ2) is 4.24. The Morgan fingerprint density at radius 3 is 2.61 bits per heavy atom. The first-order valence-electron chi connectivity index (χ1n) is 6.36. The molecule has 5 heteroatoms. The van der Waals surface area contributed by atoms with Gasteiger partial charge in [-0.05, 0) is 24.8 Å². The second-order valence-corrected chi connectivity index (χ2v) is 5.28. The molecule has 96 valence electrons. The van der Waals surface area contributed by atoms with Gasteiger partial charge >= 0.3 is 0 Å². The van der Waals surface area contributed by atoms with Crippen molar-refractivity contribution in [2.75, 3.05) is 31.1 Å². The minimum absolute atomic E-state index is 0.253. The van der Waals surface area contributed by atoms with Gasteiger partial charge in [0.15, 0.2) is 0 Å². The van der Waals surface area contributed by atoms with Crippen LogP contribution in [0.4, 0.5) is 11.4 Å². The summed E-state index contributed by atoms with van der Waals surface area (Å²) in [5.74, 6) is 1.29. The number of aryl methyl sites for hydroxylation is 1. The Morgan fingerprint density at radius 1 is 1.33 bits per heavy atom. The molecule has 2 aliphatic heterocycles. The predicted octanol–water partition coefficient (Wildman–Crippen LogP) is 1.56. The van der Waals surface area contributed by atoms with E-state index in [1.807, 2.05) is 12.1 Å². The van der Waals surface area contributed by atoms with Gasteiger partial charge in [0.05, 0.1) is 4.92 Å². The Morgan fingerprint density at radius 2 is 2.00 bits per heavy atom. The largest absolute Gasteiger partial charge is 0.365 e. The maximum Gasteiger partial charge on any atom is 0.295 e. The van der Waals surface area contributed by atoms with Crippen LogP contribution in [0.5, 0.6) is 0 Å². The number of rotatable bonds is 2. The van der Waals surface area contributed by atoms with Gasteiger partial charge in [-0.15, -0.1) is 0 Å². The molecule has 2 heterocycles. The number of hydrogen-bond donors (Lipinski definition) is 1. The lowest BCUT2D eigenvalue weighted by atomic mass is 10.0. The van der Waals surface area contributed by atoms with Crippen molar-refractivity contribution in [3.63, 3.8) is 0 Å². The smallest absolute Gasteiger partial charge is 0.295 e. The van der Waals surface area contributed by atoms with Crippen LogP contribution in [-0.4, -0.2) is 31.1 Å². The van der Waals surface area contributed by atoms with Gasteiger partial charge in [-0.1, -0.05) is 12.1 Å². The Bertz CT molecular complexity index is 477. The molecular formula is C13H17N3O2. The third kappa shape index (κ3) is 1.75. The zero-order valence-corrected chi connectivity index (χ0v) is 10.4. The van der Waals surface area contributed by atoms with Crippen LogP contribution in [0, 0.1) is 28.9 Å². The molecule has 0 bridgehead atoms. The Balaban J connectivity index is 1.93. The molecule has 0 radical (unpaired) electrons. The van der Waals surface area contributed by atoms with Crippen molar-refractivity contribution in [3.8, 4) is 0 Å². The minimum Gasteiger partial charge on any atom is -0.365 e. The molecule has 0 unspecified atom stereocenters. The summed E-state index contributed by atoms with van der Waals surface area (Å²) in [6.45, 7) is 5.76. The number of hydrogen-bond acceptors (Lipinski definition) is 4. The Kier molecular flexibility index (Phi) is 2.70. The van der Waals surface area contributed by atoms with E-state index in [9.17, 15) is 10.1 Å². The van der Waals surface area contributed by atoms with Crippen LogP contribution in [0.1, 0.15) is 5.56 Å². The van der Waals surface area contributed by atoms with E-state index in [1.165, 1.54) is 0 Å². The van der Waals surface area contributed by atoms with Crippen LogP contribution in [0.15, 0.2) is 18.2 Å². The highest BCUT2D eigenvalue weighted by Gasteiger charge is 2.38. The molecule has 1 N–H and O–H groups in total. The van der Waals surface area contributed by atoms with E-state index in [-0.39, 0.29) is 10.6 Å². The van der Waals surface area contributed by atoms with Crippen LogP contribution in [0.25, 0.3) is 0 Å². The zero-order chi connectivity index (χ0) is 12.7. The summed E-state index contributed by atoms with van der Waals surface area (Å²) in [7, 11) is 0. The third-order valence-corrected chi connectivity index (χ3v) is 4.13. The fourth-order valence-electron chi connectivity index (χ4n) is 3.19. The van der Waals surface area contributed by atoms with Gasteiger partial charge < -0.3 is 10.2 Å². The summed E-state index contributed by atoms with van der Waals surface area (Å²) in [5.41, 5.74) is 1.80. The van der Waals surface area contributed by atoms with Crippen LogP contribution in [-0.2, 0) is 0 Å². The number of fused-ring (bicyclic) bond motifs is 1. The van der Waals surface area contributed by atoms with Gasteiger partial charge in [0.1, 0.15) is 5.69 Å². The number of nitrogens with zero attached hydrogens (tertiary/aromatic N) is 2. The van der Waals surface area contributed by atoms with E-state index in [4.69, 9.17) is 0 Å². The van der Waals surface area contributed by atoms with E-state index in [2.05, 4.69) is 10.2 Å². The molecule has 2 saturated heterocycles. The Hall–Kier alpha value is -1.62. The van der Waals surface area contributed by atoms with Crippen LogP contribution in [0.3, 0.4) is 0 Å². The van der Waals surface area contributed by atoms with E-state index < -0.39 is 0 Å². The number of para-hydroxylation sites is 1. The summed E-state index contributed by atoms with van der Waals surface area (Å²) in [4.78, 5) is 13.1. The quantitative estimate of drug-likeness (QED) is 0.636. The van der Waals surface area contributed by atoms with Crippen molar-refractivity contribution >= 4 is 11.4 Å². The molecule has 2 fully saturated rings. The SMILES string of the molecule is Cc1cccc(N2C[C@H]3CNC[C@H]3C2)c1[N+](=O)[O-]. The summed E-state index contributed by atoms with van der Waals surface area (Å²) in [6, 6.07) is 5.59. The number of nitrogens with one attached hydrogen (secondary N) is 1. The van der Waals surface area contributed by atoms with E-state index in [0.717, 1.165) is 37.4 Å². The van der Waals surface area contributed by atoms with Crippen LogP contribution < -0.4 is 10.2 Å². The topological polar surface area (TPSA) is 58.4 Å². The van der Waals surface area contributed by atoms with Crippen molar-refractivity contribution in [1.29, 1.82) is 0 Å². The lowest BCUT2D eigenvalue weighted by molar-refractivity contribution is -0.384. The van der Waals surface area contributed by atoms with Gasteiger partial charge in [-0.25, -0.2) is 0 Å². The first-order chi connectivity index (χ1) is 8.66. The molecule has 3 rings (SSSR count). The van der Waals surface area contributed by atoms with Crippen molar-refractivity contribution in [3.05, 3.63) is 33.9 Å². The normalized spacial score (nSPS) is 26.4. The molecule has 5 nitrogen and oxygen atoms in total. The van der Waals surface area contributed by atoms with Gasteiger partial charge in [-0.3, -0.25) is 10.1 Å². The summed E-state index contributed by atoms with van der Waals surface area (Å²) in [6.07, 6.45) is 0. The lowest BCUT2D eigenvalue weighted by Crippen LogP contribution is -2.26. The van der Waals surface area contributed by atoms with Crippen molar-refractivity contribution in [2.24, 2.45) is 11.8 Å². The highest BCUT2D eigenvalue weighted by atomic mass is 16.6. The van der Waals surface area contributed by atoms with Crippen LogP contribution >= 0.6 is 0 Å². The molecule has 18 heavy (non-hydrogen) atoms. The van der Waals surface area contributed by atoms with Gasteiger partial charge in [0, 0.05) is 31.7 Å². The van der Waals surface area contributed by atoms with Crippen molar-refractivity contribution < 1.29 is 4.92 Å². The van der Waals surface area contributed by atoms with Crippen molar-refractivity contribution in [1.82, 2.24) is 5.32 Å². The minimum atomic E-state index is -0.253. The first-order valence-corrected chi connectivity index (χ1v) is 6.36. The molecular weight excluding hydrogens is 230 g/mol. The molecule has 2 atom stereocenters. The second-order valence-electron chi connectivity index (χ2n) is 5.28. The molecule has 1 aromatic carbocycles. The number of nitro benzene ring substituents is 1. The predicted molar refractivity (Wildman–Crippen MR) is 69.9 cm³/mol. The number of benzene rings is 1. The van der Waals surface area contributed by atoms with E-state index in [0.29, 0.717) is 11.8 Å². The standard InChI is InChI=1S/C13H17N3O2/c1-9-3-2-4-12(13(9)16(17)18)15-7-10-5-14-6-11(10)8-15/h2-4,10-11,14H,5-8H2,1H3/t10-,11+. The molecule has 1 aromatic rings. The lowest BCUT2D eigenvalue weighted by Gasteiger charge is -2.20. The monoisotopic (exact) mass is 247 g/mol. The molecule has 0 aromatic heterocycles. The van der Waals surface area contributed by atoms with Crippen molar-refractivity contribution in [2.45, 2.75) is 6.92 Å². The van der Waals surface area contributed by atoms with Gasteiger partial charge in [0.2, 0.25) is 0 Å². The number of anilines is 1.